The van der Waals surface area contributed by atoms with Gasteiger partial charge in [0, 0.05) is 28.9 Å². The Hall–Kier alpha value is -4.26. The largest absolute Gasteiger partial charge is 0.493 e. The van der Waals surface area contributed by atoms with Crippen LogP contribution in [0.15, 0.2) is 54.6 Å². The molecule has 0 saturated carbocycles. The van der Waals surface area contributed by atoms with Crippen molar-refractivity contribution in [3.8, 4) is 33.8 Å². The van der Waals surface area contributed by atoms with E-state index in [4.69, 9.17) is 14.5 Å². The van der Waals surface area contributed by atoms with Gasteiger partial charge in [0.15, 0.2) is 11.6 Å². The van der Waals surface area contributed by atoms with Crippen LogP contribution in [-0.2, 0) is 24.1 Å². The second-order valence-corrected chi connectivity index (χ2v) is 10.1. The smallest absolute Gasteiger partial charge is 0.307 e. The fourth-order valence-corrected chi connectivity index (χ4v) is 5.48. The third-order valence-corrected chi connectivity index (χ3v) is 7.44. The zero-order chi connectivity index (χ0) is 28.4. The van der Waals surface area contributed by atoms with Gasteiger partial charge in [-0.25, -0.2) is 8.78 Å². The number of aromatic nitrogens is 1. The molecule has 7 heteroatoms. The van der Waals surface area contributed by atoms with E-state index in [1.807, 2.05) is 38.1 Å². The van der Waals surface area contributed by atoms with E-state index in [9.17, 15) is 14.3 Å². The van der Waals surface area contributed by atoms with Crippen LogP contribution in [0.1, 0.15) is 40.1 Å². The number of carboxylic acids is 1. The quantitative estimate of drug-likeness (QED) is 0.255. The van der Waals surface area contributed by atoms with Gasteiger partial charge >= 0.3 is 5.97 Å². The van der Waals surface area contributed by atoms with Crippen LogP contribution in [0, 0.1) is 32.4 Å². The van der Waals surface area contributed by atoms with Crippen LogP contribution < -0.4 is 9.47 Å². The third kappa shape index (κ3) is 5.55. The molecule has 0 amide bonds. The molecule has 5 nitrogen and oxygen atoms in total. The SMILES string of the molecule is Cc1nc(C)c(-c2ccc(OCCc3ccc(F)cc3)cc2)c(-c2cc(F)c3c(c2C)CCCO3)c1CC(=O)O. The van der Waals surface area contributed by atoms with Crippen molar-refractivity contribution in [2.24, 2.45) is 0 Å². The number of aryl methyl sites for hydroxylation is 2. The number of pyridine rings is 1. The molecule has 2 heterocycles. The molecule has 0 fully saturated rings. The van der Waals surface area contributed by atoms with Crippen LogP contribution in [0.25, 0.3) is 22.3 Å². The van der Waals surface area contributed by atoms with E-state index in [0.717, 1.165) is 39.9 Å². The maximum Gasteiger partial charge on any atom is 0.307 e. The highest BCUT2D eigenvalue weighted by atomic mass is 19.1. The summed E-state index contributed by atoms with van der Waals surface area (Å²) < 4.78 is 40.1. The Morgan fingerprint density at radius 2 is 1.73 bits per heavy atom. The van der Waals surface area contributed by atoms with E-state index in [-0.39, 0.29) is 12.2 Å². The molecule has 40 heavy (non-hydrogen) atoms. The topological polar surface area (TPSA) is 68.7 Å². The van der Waals surface area contributed by atoms with Gasteiger partial charge in [-0.3, -0.25) is 9.78 Å². The summed E-state index contributed by atoms with van der Waals surface area (Å²) in [6, 6.07) is 15.3. The molecule has 0 radical (unpaired) electrons. The maximum atomic E-state index is 15.3. The van der Waals surface area contributed by atoms with Crippen LogP contribution in [0.5, 0.6) is 11.5 Å². The number of nitrogens with zero attached hydrogens (tertiary/aromatic N) is 1. The zero-order valence-electron chi connectivity index (χ0n) is 22.8. The van der Waals surface area contributed by atoms with E-state index < -0.39 is 11.8 Å². The molecule has 1 N–H and O–H groups in total. The van der Waals surface area contributed by atoms with E-state index in [1.165, 1.54) is 18.2 Å². The average molecular weight is 544 g/mol. The van der Waals surface area contributed by atoms with Crippen LogP contribution in [-0.4, -0.2) is 29.3 Å². The first-order valence-corrected chi connectivity index (χ1v) is 13.4. The van der Waals surface area contributed by atoms with Crippen LogP contribution in [0.3, 0.4) is 0 Å². The summed E-state index contributed by atoms with van der Waals surface area (Å²) in [4.78, 5) is 16.6. The molecule has 0 bridgehead atoms. The Morgan fingerprint density at radius 3 is 2.42 bits per heavy atom. The standard InChI is InChI=1S/C33H31F2NO4/c1-19-26-5-4-15-40-33(26)29(35)17-27(19)32-28(18-30(37)38)20(2)36-21(3)31(32)23-8-12-25(13-9-23)39-16-14-22-6-10-24(34)11-7-22/h6-13,17H,4-5,14-16,18H2,1-3H3,(H,37,38). The van der Waals surface area contributed by atoms with Crippen molar-refractivity contribution in [1.29, 1.82) is 0 Å². The van der Waals surface area contributed by atoms with Gasteiger partial charge in [-0.15, -0.1) is 0 Å². The molecule has 4 aromatic rings. The molecule has 0 spiro atoms. The van der Waals surface area contributed by atoms with E-state index in [0.29, 0.717) is 59.9 Å². The lowest BCUT2D eigenvalue weighted by molar-refractivity contribution is -0.136. The van der Waals surface area contributed by atoms with Gasteiger partial charge in [0.05, 0.1) is 19.6 Å². The van der Waals surface area contributed by atoms with E-state index in [1.54, 1.807) is 19.1 Å². The number of fused-ring (bicyclic) bond motifs is 1. The van der Waals surface area contributed by atoms with Gasteiger partial charge in [0.25, 0.3) is 0 Å². The van der Waals surface area contributed by atoms with Gasteiger partial charge < -0.3 is 14.6 Å². The Labute approximate surface area is 232 Å². The van der Waals surface area contributed by atoms with Gasteiger partial charge in [0.1, 0.15) is 11.6 Å². The highest BCUT2D eigenvalue weighted by Crippen LogP contribution is 2.44. The number of rotatable bonds is 8. The lowest BCUT2D eigenvalue weighted by Crippen LogP contribution is -2.14. The van der Waals surface area contributed by atoms with Crippen LogP contribution >= 0.6 is 0 Å². The van der Waals surface area contributed by atoms with Crippen molar-refractivity contribution in [2.45, 2.75) is 46.5 Å². The lowest BCUT2D eigenvalue weighted by Gasteiger charge is -2.25. The second kappa shape index (κ2) is 11.5. The fourth-order valence-electron chi connectivity index (χ4n) is 5.48. The summed E-state index contributed by atoms with van der Waals surface area (Å²) >= 11 is 0. The summed E-state index contributed by atoms with van der Waals surface area (Å²) in [6.45, 7) is 6.53. The van der Waals surface area contributed by atoms with Gasteiger partial charge in [-0.2, -0.15) is 0 Å². The van der Waals surface area contributed by atoms with Crippen LogP contribution in [0.2, 0.25) is 0 Å². The Morgan fingerprint density at radius 1 is 1.00 bits per heavy atom. The van der Waals surface area contributed by atoms with Crippen molar-refractivity contribution in [2.75, 3.05) is 13.2 Å². The van der Waals surface area contributed by atoms with E-state index >= 15 is 4.39 Å². The first-order valence-electron chi connectivity index (χ1n) is 13.4. The van der Waals surface area contributed by atoms with Crippen molar-refractivity contribution in [3.05, 3.63) is 99.9 Å². The van der Waals surface area contributed by atoms with Crippen molar-refractivity contribution < 1.29 is 28.2 Å². The minimum Gasteiger partial charge on any atom is -0.493 e. The predicted octanol–water partition coefficient (Wildman–Crippen LogP) is 7.19. The molecule has 206 valence electrons. The first kappa shape index (κ1) is 27.3. The number of benzene rings is 3. The minimum atomic E-state index is -0.981. The van der Waals surface area contributed by atoms with Crippen molar-refractivity contribution in [3.63, 3.8) is 0 Å². The molecule has 0 aliphatic carbocycles. The molecule has 0 unspecified atom stereocenters. The summed E-state index contributed by atoms with van der Waals surface area (Å²) in [7, 11) is 0. The summed E-state index contributed by atoms with van der Waals surface area (Å²) in [6.07, 6.45) is 1.89. The second-order valence-electron chi connectivity index (χ2n) is 10.1. The van der Waals surface area contributed by atoms with Crippen molar-refractivity contribution in [1.82, 2.24) is 4.98 Å². The molecule has 1 aliphatic rings. The first-order chi connectivity index (χ1) is 19.2. The molecule has 1 aromatic heterocycles. The zero-order valence-corrected chi connectivity index (χ0v) is 22.8. The minimum absolute atomic E-state index is 0.235. The van der Waals surface area contributed by atoms with Gasteiger partial charge in [-0.1, -0.05) is 24.3 Å². The Kier molecular flexibility index (Phi) is 7.83. The summed E-state index contributed by atoms with van der Waals surface area (Å²) in [5.41, 5.74) is 7.50. The number of aliphatic carboxylic acids is 1. The lowest BCUT2D eigenvalue weighted by atomic mass is 9.84. The third-order valence-electron chi connectivity index (χ3n) is 7.44. The number of carbonyl (C=O) groups is 1. The Balaban J connectivity index is 1.55. The normalized spacial score (nSPS) is 12.5. The maximum absolute atomic E-state index is 15.3. The highest BCUT2D eigenvalue weighted by Gasteiger charge is 2.26. The monoisotopic (exact) mass is 543 g/mol. The highest BCUT2D eigenvalue weighted by molar-refractivity contribution is 5.91. The number of ether oxygens (including phenoxy) is 2. The average Bonchev–Trinajstić information content (AvgIpc) is 2.93. The molecular weight excluding hydrogens is 512 g/mol. The van der Waals surface area contributed by atoms with E-state index in [2.05, 4.69) is 0 Å². The Bertz CT molecular complexity index is 1560. The predicted molar refractivity (Wildman–Crippen MR) is 150 cm³/mol. The number of carboxylic acid groups (broad SMARTS) is 1. The molecular formula is C33H31F2NO4. The molecule has 0 saturated heterocycles. The summed E-state index contributed by atoms with van der Waals surface area (Å²) in [5, 5.41) is 9.77. The molecule has 3 aromatic carbocycles. The fraction of sp³-hybridized carbons (Fsp3) is 0.273. The van der Waals surface area contributed by atoms with Gasteiger partial charge in [-0.05, 0) is 97.3 Å². The number of halogens is 2. The number of hydrogen-bond donors (Lipinski definition) is 1. The molecule has 1 aliphatic heterocycles. The van der Waals surface area contributed by atoms with Gasteiger partial charge in [0.2, 0.25) is 0 Å². The number of hydrogen-bond acceptors (Lipinski definition) is 4. The van der Waals surface area contributed by atoms with Crippen molar-refractivity contribution >= 4 is 5.97 Å². The van der Waals surface area contributed by atoms with Crippen LogP contribution in [0.4, 0.5) is 8.78 Å². The molecule has 5 rings (SSSR count). The molecule has 0 atom stereocenters. The summed E-state index contributed by atoms with van der Waals surface area (Å²) in [5.74, 6) is -0.735.